The Morgan fingerprint density at radius 1 is 1.19 bits per heavy atom. The van der Waals surface area contributed by atoms with Crippen LogP contribution in [0.15, 0.2) is 53.8 Å². The second kappa shape index (κ2) is 9.36. The van der Waals surface area contributed by atoms with Gasteiger partial charge in [-0.25, -0.2) is 0 Å². The molecule has 0 aliphatic rings. The van der Waals surface area contributed by atoms with E-state index in [1.54, 1.807) is 7.11 Å². The van der Waals surface area contributed by atoms with Gasteiger partial charge in [0.05, 0.1) is 18.9 Å². The minimum absolute atomic E-state index is 0.0753. The molecule has 0 unspecified atom stereocenters. The van der Waals surface area contributed by atoms with Crippen LogP contribution in [0.2, 0.25) is 0 Å². The molecule has 7 nitrogen and oxygen atoms in total. The second-order valence-corrected chi connectivity index (χ2v) is 8.30. The number of benzene rings is 2. The molecule has 0 spiro atoms. The molecule has 0 aliphatic carbocycles. The molecule has 8 heteroatoms. The van der Waals surface area contributed by atoms with E-state index in [4.69, 9.17) is 4.74 Å². The number of carbonyl (C=O) groups excluding carboxylic acids is 1. The van der Waals surface area contributed by atoms with E-state index in [0.717, 1.165) is 39.1 Å². The summed E-state index contributed by atoms with van der Waals surface area (Å²) in [6, 6.07) is 14.1. The Bertz CT molecular complexity index is 1210. The number of carbonyl (C=O) groups is 1. The van der Waals surface area contributed by atoms with Crippen molar-refractivity contribution < 1.29 is 9.53 Å². The van der Waals surface area contributed by atoms with Gasteiger partial charge in [0.2, 0.25) is 5.91 Å². The molecule has 0 atom stereocenters. The van der Waals surface area contributed by atoms with E-state index in [-0.39, 0.29) is 11.7 Å². The first-order chi connectivity index (χ1) is 15.1. The predicted octanol–water partition coefficient (Wildman–Crippen LogP) is 4.42. The van der Waals surface area contributed by atoms with Gasteiger partial charge in [-0.1, -0.05) is 42.1 Å². The fourth-order valence-corrected chi connectivity index (χ4v) is 4.19. The first kappa shape index (κ1) is 21.1. The normalized spacial score (nSPS) is 11.2. The highest BCUT2D eigenvalue weighted by atomic mass is 32.2. The van der Waals surface area contributed by atoms with E-state index in [0.29, 0.717) is 18.3 Å². The van der Waals surface area contributed by atoms with Gasteiger partial charge in [0.15, 0.2) is 11.0 Å². The molecular formula is C23H25N5O2S. The lowest BCUT2D eigenvalue weighted by molar-refractivity contribution is -0.113. The summed E-state index contributed by atoms with van der Waals surface area (Å²) in [5.74, 6) is 0.924. The molecule has 0 aliphatic heterocycles. The number of para-hydroxylation sites is 1. The number of aryl methyl sites for hydroxylation is 2. The fraction of sp³-hybridized carbons (Fsp3) is 0.261. The van der Waals surface area contributed by atoms with Crippen LogP contribution in [0, 0.1) is 13.8 Å². The predicted molar refractivity (Wildman–Crippen MR) is 124 cm³/mol. The minimum atomic E-state index is -0.0753. The van der Waals surface area contributed by atoms with Gasteiger partial charge in [-0.2, -0.15) is 0 Å². The molecule has 1 amide bonds. The Morgan fingerprint density at radius 3 is 2.87 bits per heavy atom. The van der Waals surface area contributed by atoms with Crippen LogP contribution in [0.3, 0.4) is 0 Å². The molecule has 2 aromatic heterocycles. The molecule has 2 aromatic carbocycles. The monoisotopic (exact) mass is 435 g/mol. The Morgan fingerprint density at radius 2 is 2.03 bits per heavy atom. The van der Waals surface area contributed by atoms with Crippen LogP contribution in [-0.4, -0.2) is 45.1 Å². The summed E-state index contributed by atoms with van der Waals surface area (Å²) < 4.78 is 7.30. The van der Waals surface area contributed by atoms with Crippen LogP contribution in [0.25, 0.3) is 22.3 Å². The molecule has 0 saturated heterocycles. The maximum absolute atomic E-state index is 12.6. The molecule has 2 N–H and O–H groups in total. The van der Waals surface area contributed by atoms with E-state index in [1.165, 1.54) is 11.8 Å². The van der Waals surface area contributed by atoms with Crippen LogP contribution >= 0.6 is 11.8 Å². The number of aromatic amines is 1. The van der Waals surface area contributed by atoms with E-state index < -0.39 is 0 Å². The van der Waals surface area contributed by atoms with Crippen molar-refractivity contribution in [3.05, 3.63) is 59.8 Å². The van der Waals surface area contributed by atoms with Gasteiger partial charge >= 0.3 is 0 Å². The third kappa shape index (κ3) is 4.65. The summed E-state index contributed by atoms with van der Waals surface area (Å²) in [5, 5.41) is 13.6. The van der Waals surface area contributed by atoms with Crippen molar-refractivity contribution in [3.8, 4) is 11.4 Å². The van der Waals surface area contributed by atoms with E-state index in [1.807, 2.05) is 61.0 Å². The van der Waals surface area contributed by atoms with E-state index in [2.05, 4.69) is 26.6 Å². The molecule has 4 aromatic rings. The van der Waals surface area contributed by atoms with Gasteiger partial charge in [-0.05, 0) is 37.1 Å². The lowest BCUT2D eigenvalue weighted by Crippen LogP contribution is -2.16. The summed E-state index contributed by atoms with van der Waals surface area (Å²) in [4.78, 5) is 15.8. The first-order valence-electron chi connectivity index (χ1n) is 10.1. The van der Waals surface area contributed by atoms with Crippen molar-refractivity contribution in [2.24, 2.45) is 0 Å². The smallest absolute Gasteiger partial charge is 0.234 e. The molecule has 160 valence electrons. The number of aromatic nitrogens is 4. The first-order valence-corrected chi connectivity index (χ1v) is 11.0. The number of hydrogen-bond acceptors (Lipinski definition) is 5. The highest BCUT2D eigenvalue weighted by Crippen LogP contribution is 2.30. The average molecular weight is 436 g/mol. The third-order valence-corrected chi connectivity index (χ3v) is 6.03. The number of anilines is 1. The zero-order valence-corrected chi connectivity index (χ0v) is 18.6. The Balaban J connectivity index is 1.54. The molecule has 0 saturated carbocycles. The fourth-order valence-electron chi connectivity index (χ4n) is 3.42. The van der Waals surface area contributed by atoms with E-state index in [9.17, 15) is 4.79 Å². The maximum atomic E-state index is 12.6. The number of methoxy groups -OCH3 is 1. The van der Waals surface area contributed by atoms with Crippen molar-refractivity contribution in [2.45, 2.75) is 25.5 Å². The van der Waals surface area contributed by atoms with Crippen LogP contribution in [0.5, 0.6) is 0 Å². The lowest BCUT2D eigenvalue weighted by Gasteiger charge is -2.11. The Hall–Kier alpha value is -3.10. The van der Waals surface area contributed by atoms with Crippen LogP contribution < -0.4 is 5.32 Å². The van der Waals surface area contributed by atoms with Gasteiger partial charge in [0, 0.05) is 35.5 Å². The summed E-state index contributed by atoms with van der Waals surface area (Å²) in [6.45, 7) is 5.11. The highest BCUT2D eigenvalue weighted by molar-refractivity contribution is 7.99. The lowest BCUT2D eigenvalue weighted by atomic mass is 10.1. The summed E-state index contributed by atoms with van der Waals surface area (Å²) in [7, 11) is 1.67. The number of thioether (sulfide) groups is 1. The summed E-state index contributed by atoms with van der Waals surface area (Å²) in [5.41, 5.74) is 5.00. The summed E-state index contributed by atoms with van der Waals surface area (Å²) in [6.07, 6.45) is 1.94. The number of ether oxygens (including phenoxy) is 1. The van der Waals surface area contributed by atoms with Gasteiger partial charge in [-0.3, -0.25) is 9.36 Å². The number of amides is 1. The van der Waals surface area contributed by atoms with Gasteiger partial charge < -0.3 is 15.0 Å². The van der Waals surface area contributed by atoms with Crippen LogP contribution in [-0.2, 0) is 16.1 Å². The number of fused-ring (bicyclic) bond motifs is 1. The van der Waals surface area contributed by atoms with E-state index >= 15 is 0 Å². The standard InChI is InChI=1S/C23H25N5O2S/c1-15-8-9-16(2)20(12-15)25-21(29)14-31-23-27-26-22(28(23)10-11-30-3)18-13-24-19-7-5-4-6-17(18)19/h4-9,12-13,24H,10-11,14H2,1-3H3,(H,25,29). The molecule has 4 rings (SSSR count). The van der Waals surface area contributed by atoms with Crippen molar-refractivity contribution in [2.75, 3.05) is 24.8 Å². The molecule has 0 bridgehead atoms. The number of H-pyrrole nitrogens is 1. The summed E-state index contributed by atoms with van der Waals surface area (Å²) >= 11 is 1.37. The Kier molecular flexibility index (Phi) is 6.39. The topological polar surface area (TPSA) is 84.8 Å². The zero-order chi connectivity index (χ0) is 21.8. The average Bonchev–Trinajstić information content (AvgIpc) is 3.37. The number of nitrogens with zero attached hydrogens (tertiary/aromatic N) is 3. The van der Waals surface area contributed by atoms with Gasteiger partial charge in [0.1, 0.15) is 0 Å². The number of rotatable bonds is 8. The maximum Gasteiger partial charge on any atom is 0.234 e. The zero-order valence-electron chi connectivity index (χ0n) is 17.8. The SMILES string of the molecule is COCCn1c(SCC(=O)Nc2cc(C)ccc2C)nnc1-c1c[nH]c2ccccc12. The third-order valence-electron chi connectivity index (χ3n) is 5.07. The van der Waals surface area contributed by atoms with Crippen molar-refractivity contribution in [3.63, 3.8) is 0 Å². The largest absolute Gasteiger partial charge is 0.383 e. The van der Waals surface area contributed by atoms with Crippen LogP contribution in [0.1, 0.15) is 11.1 Å². The molecule has 0 fully saturated rings. The van der Waals surface area contributed by atoms with Gasteiger partial charge in [0.25, 0.3) is 0 Å². The van der Waals surface area contributed by atoms with Crippen LogP contribution in [0.4, 0.5) is 5.69 Å². The molecular weight excluding hydrogens is 410 g/mol. The molecule has 0 radical (unpaired) electrons. The number of nitrogens with one attached hydrogen (secondary N) is 2. The molecule has 2 heterocycles. The van der Waals surface area contributed by atoms with Crippen molar-refractivity contribution in [1.29, 1.82) is 0 Å². The highest BCUT2D eigenvalue weighted by Gasteiger charge is 2.18. The molecule has 31 heavy (non-hydrogen) atoms. The Labute approximate surface area is 185 Å². The minimum Gasteiger partial charge on any atom is -0.383 e. The van der Waals surface area contributed by atoms with Crippen molar-refractivity contribution in [1.82, 2.24) is 19.7 Å². The van der Waals surface area contributed by atoms with Crippen molar-refractivity contribution >= 4 is 34.3 Å². The van der Waals surface area contributed by atoms with Gasteiger partial charge in [-0.15, -0.1) is 10.2 Å². The second-order valence-electron chi connectivity index (χ2n) is 7.35. The quantitative estimate of drug-likeness (QED) is 0.400. The number of hydrogen-bond donors (Lipinski definition) is 2.